The molecule has 0 unspecified atom stereocenters. The van der Waals surface area contributed by atoms with Gasteiger partial charge in [0.25, 0.3) is 11.8 Å². The summed E-state index contributed by atoms with van der Waals surface area (Å²) in [4.78, 5) is 28.9. The number of nitrogens with one attached hydrogen (secondary N) is 1. The van der Waals surface area contributed by atoms with Crippen molar-refractivity contribution < 1.29 is 9.59 Å². The van der Waals surface area contributed by atoms with Gasteiger partial charge in [-0.05, 0) is 67.5 Å². The van der Waals surface area contributed by atoms with Gasteiger partial charge in [-0.15, -0.1) is 0 Å². The van der Waals surface area contributed by atoms with E-state index in [1.807, 2.05) is 107 Å². The van der Waals surface area contributed by atoms with Crippen LogP contribution in [-0.2, 0) is 9.59 Å². The Morgan fingerprint density at radius 3 is 2.21 bits per heavy atom. The summed E-state index contributed by atoms with van der Waals surface area (Å²) in [7, 11) is 0. The van der Waals surface area contributed by atoms with Gasteiger partial charge >= 0.3 is 0 Å². The number of imide groups is 1. The second-order valence-corrected chi connectivity index (χ2v) is 8.94. The molecule has 0 saturated carbocycles. The lowest BCUT2D eigenvalue weighted by Crippen LogP contribution is -2.33. The van der Waals surface area contributed by atoms with Crippen LogP contribution in [0.5, 0.6) is 0 Å². The molecule has 4 heteroatoms. The van der Waals surface area contributed by atoms with Crippen molar-refractivity contribution >= 4 is 39.5 Å². The van der Waals surface area contributed by atoms with Gasteiger partial charge in [0, 0.05) is 11.1 Å². The van der Waals surface area contributed by atoms with Crippen LogP contribution >= 0.6 is 0 Å². The van der Waals surface area contributed by atoms with Crippen molar-refractivity contribution in [3.05, 3.63) is 112 Å². The van der Waals surface area contributed by atoms with Crippen molar-refractivity contribution in [2.75, 3.05) is 10.2 Å². The molecule has 4 nitrogen and oxygen atoms in total. The highest BCUT2D eigenvalue weighted by Gasteiger charge is 2.41. The normalized spacial score (nSPS) is 13.8. The average Bonchev–Trinajstić information content (AvgIpc) is 3.05. The number of aryl methyl sites for hydroxylation is 4. The molecule has 0 fully saturated rings. The van der Waals surface area contributed by atoms with E-state index in [1.54, 1.807) is 0 Å². The quantitative estimate of drug-likeness (QED) is 0.366. The summed E-state index contributed by atoms with van der Waals surface area (Å²) in [6.45, 7) is 7.97. The monoisotopic (exact) mass is 446 g/mol. The van der Waals surface area contributed by atoms with Crippen molar-refractivity contribution in [3.8, 4) is 0 Å². The van der Waals surface area contributed by atoms with Crippen molar-refractivity contribution in [2.45, 2.75) is 27.7 Å². The second-order valence-electron chi connectivity index (χ2n) is 8.94. The van der Waals surface area contributed by atoms with E-state index >= 15 is 0 Å². The standard InChI is InChI=1S/C30H26N2O2/c1-18-12-15-26(21(4)16-18)32-29(33)27(23-14-13-19(2)20(3)17-23)28(30(32)34)31-25-11-7-9-22-8-5-6-10-24(22)25/h5-17,31H,1-4H3. The zero-order valence-corrected chi connectivity index (χ0v) is 19.8. The van der Waals surface area contributed by atoms with Crippen LogP contribution in [0.15, 0.2) is 84.6 Å². The average molecular weight is 447 g/mol. The van der Waals surface area contributed by atoms with Crippen LogP contribution in [-0.4, -0.2) is 11.8 Å². The molecule has 4 aromatic carbocycles. The molecular formula is C30H26N2O2. The molecule has 2 amide bonds. The van der Waals surface area contributed by atoms with E-state index in [0.717, 1.165) is 44.3 Å². The van der Waals surface area contributed by atoms with Gasteiger partial charge in [0.05, 0.1) is 11.3 Å². The lowest BCUT2D eigenvalue weighted by atomic mass is 9.99. The van der Waals surface area contributed by atoms with Gasteiger partial charge in [-0.2, -0.15) is 0 Å². The summed E-state index contributed by atoms with van der Waals surface area (Å²) >= 11 is 0. The molecule has 1 N–H and O–H groups in total. The predicted molar refractivity (Wildman–Crippen MR) is 139 cm³/mol. The SMILES string of the molecule is Cc1ccc(N2C(=O)C(Nc3cccc4ccccc34)=C(c3ccc(C)c(C)c3)C2=O)c(C)c1. The zero-order chi connectivity index (χ0) is 24.0. The molecular weight excluding hydrogens is 420 g/mol. The van der Waals surface area contributed by atoms with Crippen LogP contribution in [0.4, 0.5) is 11.4 Å². The second kappa shape index (κ2) is 8.31. The Bertz CT molecular complexity index is 1510. The van der Waals surface area contributed by atoms with E-state index < -0.39 is 0 Å². The van der Waals surface area contributed by atoms with Crippen LogP contribution in [0.2, 0.25) is 0 Å². The zero-order valence-electron chi connectivity index (χ0n) is 19.8. The van der Waals surface area contributed by atoms with Crippen LogP contribution in [0.25, 0.3) is 16.3 Å². The summed E-state index contributed by atoms with van der Waals surface area (Å²) in [5.41, 5.74) is 6.98. The van der Waals surface area contributed by atoms with Gasteiger partial charge in [0.2, 0.25) is 0 Å². The number of carbonyl (C=O) groups is 2. The maximum absolute atomic E-state index is 13.8. The lowest BCUT2D eigenvalue weighted by molar-refractivity contribution is -0.120. The molecule has 0 aliphatic carbocycles. The molecule has 0 bridgehead atoms. The Morgan fingerprint density at radius 2 is 1.44 bits per heavy atom. The summed E-state index contributed by atoms with van der Waals surface area (Å²) in [5, 5.41) is 5.39. The Morgan fingerprint density at radius 1 is 0.676 bits per heavy atom. The van der Waals surface area contributed by atoms with Crippen molar-refractivity contribution in [2.24, 2.45) is 0 Å². The number of carbonyl (C=O) groups excluding carboxylic acids is 2. The summed E-state index contributed by atoms with van der Waals surface area (Å²) in [5.74, 6) is -0.666. The molecule has 0 spiro atoms. The molecule has 1 aliphatic heterocycles. The molecule has 0 aromatic heterocycles. The van der Waals surface area contributed by atoms with E-state index in [0.29, 0.717) is 17.0 Å². The fraction of sp³-hybridized carbons (Fsp3) is 0.133. The van der Waals surface area contributed by atoms with Crippen molar-refractivity contribution in [1.29, 1.82) is 0 Å². The van der Waals surface area contributed by atoms with E-state index in [9.17, 15) is 9.59 Å². The first-order valence-corrected chi connectivity index (χ1v) is 11.4. The third-order valence-electron chi connectivity index (χ3n) is 6.52. The lowest BCUT2D eigenvalue weighted by Gasteiger charge is -2.18. The number of anilines is 2. The molecule has 1 heterocycles. The Hall–Kier alpha value is -4.18. The Balaban J connectivity index is 1.69. The maximum atomic E-state index is 13.8. The third-order valence-corrected chi connectivity index (χ3v) is 6.52. The molecule has 168 valence electrons. The van der Waals surface area contributed by atoms with E-state index in [-0.39, 0.29) is 11.8 Å². The highest BCUT2D eigenvalue weighted by Crippen LogP contribution is 2.37. The number of amides is 2. The first kappa shape index (κ1) is 21.7. The Labute approximate surface area is 199 Å². The predicted octanol–water partition coefficient (Wildman–Crippen LogP) is 6.47. The minimum atomic E-state index is -0.349. The fourth-order valence-corrected chi connectivity index (χ4v) is 4.55. The molecule has 4 aromatic rings. The fourth-order valence-electron chi connectivity index (χ4n) is 4.55. The number of hydrogen-bond acceptors (Lipinski definition) is 3. The summed E-state index contributed by atoms with van der Waals surface area (Å²) in [6.07, 6.45) is 0. The van der Waals surface area contributed by atoms with Gasteiger partial charge in [-0.3, -0.25) is 9.59 Å². The smallest absolute Gasteiger partial charge is 0.282 e. The van der Waals surface area contributed by atoms with Crippen LogP contribution < -0.4 is 10.2 Å². The number of benzene rings is 4. The Kier molecular flexibility index (Phi) is 5.29. The topological polar surface area (TPSA) is 49.4 Å². The number of nitrogens with zero attached hydrogens (tertiary/aromatic N) is 1. The van der Waals surface area contributed by atoms with Gasteiger partial charge < -0.3 is 5.32 Å². The van der Waals surface area contributed by atoms with Crippen LogP contribution in [0.3, 0.4) is 0 Å². The highest BCUT2D eigenvalue weighted by atomic mass is 16.2. The number of fused-ring (bicyclic) bond motifs is 1. The number of hydrogen-bond donors (Lipinski definition) is 1. The first-order valence-electron chi connectivity index (χ1n) is 11.4. The molecule has 5 rings (SSSR count). The van der Waals surface area contributed by atoms with Gasteiger partial charge in [0.15, 0.2) is 0 Å². The molecule has 0 radical (unpaired) electrons. The van der Waals surface area contributed by atoms with Crippen molar-refractivity contribution in [1.82, 2.24) is 0 Å². The van der Waals surface area contributed by atoms with Crippen molar-refractivity contribution in [3.63, 3.8) is 0 Å². The van der Waals surface area contributed by atoms with E-state index in [1.165, 1.54) is 4.90 Å². The molecule has 0 saturated heterocycles. The highest BCUT2D eigenvalue weighted by molar-refractivity contribution is 6.46. The van der Waals surface area contributed by atoms with E-state index in [2.05, 4.69) is 5.32 Å². The van der Waals surface area contributed by atoms with Gasteiger partial charge in [-0.25, -0.2) is 4.90 Å². The minimum absolute atomic E-state index is 0.296. The molecule has 34 heavy (non-hydrogen) atoms. The molecule has 1 aliphatic rings. The summed E-state index contributed by atoms with van der Waals surface area (Å²) < 4.78 is 0. The number of rotatable bonds is 4. The minimum Gasteiger partial charge on any atom is -0.350 e. The van der Waals surface area contributed by atoms with E-state index in [4.69, 9.17) is 0 Å². The molecule has 0 atom stereocenters. The van der Waals surface area contributed by atoms with Crippen LogP contribution in [0.1, 0.15) is 27.8 Å². The summed E-state index contributed by atoms with van der Waals surface area (Å²) in [6, 6.07) is 25.6. The third kappa shape index (κ3) is 3.57. The van der Waals surface area contributed by atoms with Gasteiger partial charge in [-0.1, -0.05) is 72.3 Å². The maximum Gasteiger partial charge on any atom is 0.282 e. The first-order chi connectivity index (χ1) is 16.3. The van der Waals surface area contributed by atoms with Crippen LogP contribution in [0, 0.1) is 27.7 Å². The largest absolute Gasteiger partial charge is 0.350 e. The van der Waals surface area contributed by atoms with Gasteiger partial charge in [0.1, 0.15) is 5.70 Å².